The normalized spacial score (nSPS) is 11.0. The second-order valence-electron chi connectivity index (χ2n) is 3.02. The predicted octanol–water partition coefficient (Wildman–Crippen LogP) is 1.40. The number of aromatic hydroxyl groups is 2. The molecule has 2 N–H and O–H groups in total. The van der Waals surface area contributed by atoms with Crippen molar-refractivity contribution >= 4 is 26.9 Å². The number of aromatic nitrogens is 1. The van der Waals surface area contributed by atoms with Crippen LogP contribution in [0.15, 0.2) is 21.5 Å². The Balaban J connectivity index is 2.72. The molecule has 0 aliphatic heterocycles. The number of phenols is 2. The van der Waals surface area contributed by atoms with Gasteiger partial charge in [0.25, 0.3) is 5.56 Å². The molecule has 0 radical (unpaired) electrons. The number of hydrogen-bond acceptors (Lipinski definition) is 4. The highest BCUT2D eigenvalue weighted by Crippen LogP contribution is 2.28. The molecule has 0 fully saturated rings. The summed E-state index contributed by atoms with van der Waals surface area (Å²) >= 11 is 3.19. The number of hydrogen-bond donors (Lipinski definition) is 2. The van der Waals surface area contributed by atoms with E-state index in [1.54, 1.807) is 0 Å². The Bertz CT molecular complexity index is 557. The van der Waals surface area contributed by atoms with Gasteiger partial charge in [0.15, 0.2) is 17.1 Å². The van der Waals surface area contributed by atoms with E-state index >= 15 is 0 Å². The van der Waals surface area contributed by atoms with E-state index in [1.165, 1.54) is 12.1 Å². The Kier molecular flexibility index (Phi) is 2.44. The maximum atomic E-state index is 11.6. The van der Waals surface area contributed by atoms with Crippen LogP contribution in [0, 0.1) is 0 Å². The van der Waals surface area contributed by atoms with Crippen LogP contribution in [0.1, 0.15) is 0 Å². The Morgan fingerprint density at radius 1 is 1.33 bits per heavy atom. The number of nitrogens with zero attached hydrogens (tertiary/aromatic N) is 1. The van der Waals surface area contributed by atoms with Crippen molar-refractivity contribution in [2.24, 2.45) is 0 Å². The molecule has 1 aromatic carbocycles. The Labute approximate surface area is 92.6 Å². The Morgan fingerprint density at radius 3 is 2.67 bits per heavy atom. The molecule has 80 valence electrons. The van der Waals surface area contributed by atoms with Gasteiger partial charge in [0.2, 0.25) is 0 Å². The topological polar surface area (TPSA) is 75.6 Å². The number of fused-ring (bicyclic) bond motifs is 1. The van der Waals surface area contributed by atoms with Gasteiger partial charge in [0.05, 0.1) is 11.9 Å². The van der Waals surface area contributed by atoms with Crippen LogP contribution in [-0.4, -0.2) is 20.3 Å². The minimum Gasteiger partial charge on any atom is -0.504 e. The number of halogens is 1. The lowest BCUT2D eigenvalue weighted by molar-refractivity contribution is 0.295. The molecule has 0 saturated carbocycles. The first kappa shape index (κ1) is 10.1. The quantitative estimate of drug-likeness (QED) is 0.641. The average molecular weight is 274 g/mol. The van der Waals surface area contributed by atoms with Gasteiger partial charge < -0.3 is 14.7 Å². The summed E-state index contributed by atoms with van der Waals surface area (Å²) in [6.07, 6.45) is 0. The van der Waals surface area contributed by atoms with Gasteiger partial charge in [-0.05, 0) is 0 Å². The van der Waals surface area contributed by atoms with Crippen molar-refractivity contribution in [1.82, 2.24) is 4.74 Å². The van der Waals surface area contributed by atoms with Gasteiger partial charge in [0.1, 0.15) is 0 Å². The van der Waals surface area contributed by atoms with Crippen molar-refractivity contribution in [2.75, 3.05) is 5.33 Å². The third kappa shape index (κ3) is 1.61. The Hall–Kier alpha value is -1.43. The molecule has 15 heavy (non-hydrogen) atoms. The van der Waals surface area contributed by atoms with Gasteiger partial charge in [-0.25, -0.2) is 0 Å². The van der Waals surface area contributed by atoms with Crippen molar-refractivity contribution in [2.45, 2.75) is 6.54 Å². The molecule has 0 atom stereocenters. The molecule has 0 spiro atoms. The van der Waals surface area contributed by atoms with Gasteiger partial charge in [-0.2, -0.15) is 4.74 Å². The number of phenolic OH excluding ortho intramolecular Hbond substituents is 2. The highest BCUT2D eigenvalue weighted by atomic mass is 79.9. The van der Waals surface area contributed by atoms with Crippen LogP contribution in [-0.2, 0) is 6.54 Å². The average Bonchev–Trinajstić information content (AvgIpc) is 2.47. The largest absolute Gasteiger partial charge is 0.504 e. The number of benzene rings is 1. The summed E-state index contributed by atoms with van der Waals surface area (Å²) in [5, 5.41) is 19.3. The van der Waals surface area contributed by atoms with E-state index < -0.39 is 0 Å². The third-order valence-electron chi connectivity index (χ3n) is 2.03. The van der Waals surface area contributed by atoms with Crippen LogP contribution in [0.25, 0.3) is 11.0 Å². The second-order valence-corrected chi connectivity index (χ2v) is 3.82. The van der Waals surface area contributed by atoms with Crippen molar-refractivity contribution in [3.8, 4) is 11.5 Å². The molecule has 2 rings (SSSR count). The molecule has 0 amide bonds. The first-order chi connectivity index (χ1) is 7.13. The maximum Gasteiger partial charge on any atom is 0.290 e. The first-order valence-corrected chi connectivity index (χ1v) is 5.37. The van der Waals surface area contributed by atoms with E-state index in [0.29, 0.717) is 11.9 Å². The van der Waals surface area contributed by atoms with Crippen LogP contribution in [0.4, 0.5) is 0 Å². The fraction of sp³-hybridized carbons (Fsp3) is 0.222. The molecule has 1 heterocycles. The van der Waals surface area contributed by atoms with Crippen LogP contribution >= 0.6 is 15.9 Å². The molecule has 2 aromatic rings. The Morgan fingerprint density at radius 2 is 2.00 bits per heavy atom. The minimum absolute atomic E-state index is 0.256. The molecule has 5 nitrogen and oxygen atoms in total. The standard InChI is InChI=1S/C9H8BrNO4/c10-1-2-11-9(14)5-3-6(12)7(13)4-8(5)15-11/h3-4,12-13H,1-2H2. The predicted molar refractivity (Wildman–Crippen MR) is 57.6 cm³/mol. The van der Waals surface area contributed by atoms with Crippen LogP contribution in [0.2, 0.25) is 0 Å². The van der Waals surface area contributed by atoms with E-state index in [4.69, 9.17) is 4.52 Å². The zero-order valence-corrected chi connectivity index (χ0v) is 9.19. The monoisotopic (exact) mass is 273 g/mol. The van der Waals surface area contributed by atoms with Crippen molar-refractivity contribution in [3.63, 3.8) is 0 Å². The molecular formula is C9H8BrNO4. The molecule has 1 aromatic heterocycles. The molecule has 0 aliphatic rings. The molecule has 0 bridgehead atoms. The molecule has 6 heteroatoms. The summed E-state index contributed by atoms with van der Waals surface area (Å²) in [6.45, 7) is 0.398. The van der Waals surface area contributed by atoms with Crippen molar-refractivity contribution in [3.05, 3.63) is 22.5 Å². The van der Waals surface area contributed by atoms with E-state index in [1.807, 2.05) is 0 Å². The lowest BCUT2D eigenvalue weighted by Gasteiger charge is -1.94. The minimum atomic E-state index is -0.327. The number of alkyl halides is 1. The zero-order chi connectivity index (χ0) is 11.0. The van der Waals surface area contributed by atoms with E-state index in [2.05, 4.69) is 15.9 Å². The van der Waals surface area contributed by atoms with Crippen LogP contribution in [0.3, 0.4) is 0 Å². The summed E-state index contributed by atoms with van der Waals surface area (Å²) in [5.74, 6) is -0.631. The molecule has 0 aliphatic carbocycles. The summed E-state index contributed by atoms with van der Waals surface area (Å²) in [6, 6.07) is 2.41. The fourth-order valence-corrected chi connectivity index (χ4v) is 1.64. The molecule has 0 unspecified atom stereocenters. The van der Waals surface area contributed by atoms with E-state index in [0.717, 1.165) is 4.74 Å². The zero-order valence-electron chi connectivity index (χ0n) is 7.61. The van der Waals surface area contributed by atoms with Crippen molar-refractivity contribution < 1.29 is 14.7 Å². The SMILES string of the molecule is O=c1c2cc(O)c(O)cc2on1CCBr. The van der Waals surface area contributed by atoms with E-state index in [-0.39, 0.29) is 28.0 Å². The third-order valence-corrected chi connectivity index (χ3v) is 2.38. The van der Waals surface area contributed by atoms with E-state index in [9.17, 15) is 15.0 Å². The molecular weight excluding hydrogens is 266 g/mol. The smallest absolute Gasteiger partial charge is 0.290 e. The number of rotatable bonds is 2. The van der Waals surface area contributed by atoms with Crippen molar-refractivity contribution in [1.29, 1.82) is 0 Å². The summed E-state index contributed by atoms with van der Waals surface area (Å²) in [7, 11) is 0. The van der Waals surface area contributed by atoms with Gasteiger partial charge in [-0.15, -0.1) is 0 Å². The highest BCUT2D eigenvalue weighted by Gasteiger charge is 2.12. The lowest BCUT2D eigenvalue weighted by atomic mass is 10.2. The summed E-state index contributed by atoms with van der Waals surface area (Å²) < 4.78 is 6.34. The van der Waals surface area contributed by atoms with Gasteiger partial charge >= 0.3 is 0 Å². The lowest BCUT2D eigenvalue weighted by Crippen LogP contribution is -2.14. The van der Waals surface area contributed by atoms with Gasteiger partial charge in [0, 0.05) is 17.5 Å². The van der Waals surface area contributed by atoms with Crippen LogP contribution in [0.5, 0.6) is 11.5 Å². The summed E-state index contributed by atoms with van der Waals surface area (Å²) in [5.41, 5.74) is -0.0593. The van der Waals surface area contributed by atoms with Gasteiger partial charge in [-0.3, -0.25) is 4.79 Å². The number of aryl methyl sites for hydroxylation is 1. The summed E-state index contributed by atoms with van der Waals surface area (Å²) in [4.78, 5) is 11.6. The maximum absolute atomic E-state index is 11.6. The highest BCUT2D eigenvalue weighted by molar-refractivity contribution is 9.09. The first-order valence-electron chi connectivity index (χ1n) is 4.25. The van der Waals surface area contributed by atoms with Crippen LogP contribution < -0.4 is 5.56 Å². The second kappa shape index (κ2) is 3.62. The van der Waals surface area contributed by atoms with Gasteiger partial charge in [-0.1, -0.05) is 15.9 Å². The fourth-order valence-electron chi connectivity index (χ4n) is 1.32. The molecule has 0 saturated heterocycles.